The molecule has 192 valence electrons. The molecule has 39 heavy (non-hydrogen) atoms. The summed E-state index contributed by atoms with van der Waals surface area (Å²) in [4.78, 5) is 35.4. The topological polar surface area (TPSA) is 96.6 Å². The number of carbonyl (C=O) groups is 1. The standard InChI is InChI=1S/C30H20Br2N4O3/c31-19-14-22-27(23(32)15-19)35-28(18-6-2-1-3-7-18)36(29(22)38)20-12-10-17(11-13-20)24-16-25(34-30(39)33-24)21-8-4-5-9-26(21)37/h1-15,25,37H,16H2,(H,34,39). The predicted molar refractivity (Wildman–Crippen MR) is 159 cm³/mol. The monoisotopic (exact) mass is 642 g/mol. The largest absolute Gasteiger partial charge is 0.508 e. The zero-order valence-electron chi connectivity index (χ0n) is 20.3. The molecule has 0 bridgehead atoms. The number of nitrogens with one attached hydrogen (secondary N) is 1. The van der Waals surface area contributed by atoms with Crippen LogP contribution in [0.4, 0.5) is 4.79 Å². The highest BCUT2D eigenvalue weighted by molar-refractivity contribution is 9.11. The number of fused-ring (bicyclic) bond motifs is 1. The van der Waals surface area contributed by atoms with E-state index in [1.807, 2.05) is 66.7 Å². The molecule has 6 rings (SSSR count). The van der Waals surface area contributed by atoms with Crippen LogP contribution in [0.25, 0.3) is 28.0 Å². The molecular weight excluding hydrogens is 624 g/mol. The second kappa shape index (κ2) is 10.2. The fourth-order valence-corrected chi connectivity index (χ4v) is 6.10. The van der Waals surface area contributed by atoms with Gasteiger partial charge in [-0.15, -0.1) is 0 Å². The number of aliphatic imine (C=N–C) groups is 1. The number of nitrogens with zero attached hydrogens (tertiary/aromatic N) is 3. The number of amides is 2. The molecule has 1 aromatic heterocycles. The second-order valence-corrected chi connectivity index (χ2v) is 10.9. The Hall–Kier alpha value is -4.08. The lowest BCUT2D eigenvalue weighted by Crippen LogP contribution is -2.33. The number of benzene rings is 4. The zero-order chi connectivity index (χ0) is 27.1. The smallest absolute Gasteiger partial charge is 0.341 e. The summed E-state index contributed by atoms with van der Waals surface area (Å²) >= 11 is 7.03. The third kappa shape index (κ3) is 4.79. The molecule has 5 aromatic rings. The molecule has 4 aromatic carbocycles. The van der Waals surface area contributed by atoms with Crippen molar-refractivity contribution in [2.24, 2.45) is 4.99 Å². The SMILES string of the molecule is O=C1N=C(c2ccc(-n3c(-c4ccccc4)nc4c(Br)cc(Br)cc4c3=O)cc2)CC(c2ccccc2O)N1. The number of rotatable bonds is 4. The van der Waals surface area contributed by atoms with Gasteiger partial charge in [0, 0.05) is 26.5 Å². The van der Waals surface area contributed by atoms with Crippen LogP contribution in [0, 0.1) is 0 Å². The van der Waals surface area contributed by atoms with Gasteiger partial charge in [0.2, 0.25) is 0 Å². The lowest BCUT2D eigenvalue weighted by molar-refractivity contribution is 0.244. The van der Waals surface area contributed by atoms with Crippen molar-refractivity contribution in [2.75, 3.05) is 0 Å². The summed E-state index contributed by atoms with van der Waals surface area (Å²) in [7, 11) is 0. The lowest BCUT2D eigenvalue weighted by atomic mass is 9.95. The third-order valence-corrected chi connectivity index (χ3v) is 7.69. The third-order valence-electron chi connectivity index (χ3n) is 6.63. The van der Waals surface area contributed by atoms with Crippen LogP contribution in [-0.4, -0.2) is 26.4 Å². The van der Waals surface area contributed by atoms with Gasteiger partial charge in [-0.25, -0.2) is 9.78 Å². The number of halogens is 2. The van der Waals surface area contributed by atoms with Crippen molar-refractivity contribution in [1.29, 1.82) is 0 Å². The van der Waals surface area contributed by atoms with E-state index in [4.69, 9.17) is 4.98 Å². The van der Waals surface area contributed by atoms with Gasteiger partial charge in [0.15, 0.2) is 0 Å². The summed E-state index contributed by atoms with van der Waals surface area (Å²) < 4.78 is 3.08. The molecule has 0 radical (unpaired) electrons. The van der Waals surface area contributed by atoms with Crippen LogP contribution >= 0.6 is 31.9 Å². The van der Waals surface area contributed by atoms with E-state index < -0.39 is 12.1 Å². The maximum Gasteiger partial charge on any atom is 0.341 e. The Bertz CT molecular complexity index is 1830. The first-order valence-corrected chi connectivity index (χ1v) is 13.7. The minimum absolute atomic E-state index is 0.120. The fraction of sp³-hybridized carbons (Fsp3) is 0.0667. The molecule has 2 N–H and O–H groups in total. The number of aromatic nitrogens is 2. The summed E-state index contributed by atoms with van der Waals surface area (Å²) in [6, 6.07) is 26.6. The number of phenolic OH excluding ortho intramolecular Hbond substituents is 1. The summed E-state index contributed by atoms with van der Waals surface area (Å²) in [6.07, 6.45) is 0.414. The Kier molecular flexibility index (Phi) is 6.62. The van der Waals surface area contributed by atoms with E-state index in [2.05, 4.69) is 42.2 Å². The number of hydrogen-bond donors (Lipinski definition) is 2. The molecule has 0 fully saturated rings. The van der Waals surface area contributed by atoms with Gasteiger partial charge in [-0.05, 0) is 51.8 Å². The average molecular weight is 644 g/mol. The quantitative estimate of drug-likeness (QED) is 0.222. The van der Waals surface area contributed by atoms with E-state index in [9.17, 15) is 14.7 Å². The lowest BCUT2D eigenvalue weighted by Gasteiger charge is -2.24. The molecule has 0 aliphatic carbocycles. The van der Waals surface area contributed by atoms with Crippen LogP contribution in [0.2, 0.25) is 0 Å². The molecule has 0 saturated carbocycles. The molecule has 1 aliphatic rings. The van der Waals surface area contributed by atoms with Crippen molar-refractivity contribution in [2.45, 2.75) is 12.5 Å². The van der Waals surface area contributed by atoms with Gasteiger partial charge in [-0.1, -0.05) is 76.6 Å². The Morgan fingerprint density at radius 2 is 1.59 bits per heavy atom. The maximum atomic E-state index is 13.9. The van der Waals surface area contributed by atoms with Gasteiger partial charge in [0.1, 0.15) is 11.6 Å². The number of phenols is 1. The van der Waals surface area contributed by atoms with E-state index in [0.29, 0.717) is 40.1 Å². The van der Waals surface area contributed by atoms with E-state index in [-0.39, 0.29) is 11.3 Å². The van der Waals surface area contributed by atoms with Crippen LogP contribution in [0.3, 0.4) is 0 Å². The summed E-state index contributed by atoms with van der Waals surface area (Å²) in [5.74, 6) is 0.632. The van der Waals surface area contributed by atoms with E-state index >= 15 is 0 Å². The number of carbonyl (C=O) groups excluding carboxylic acids is 1. The summed E-state index contributed by atoms with van der Waals surface area (Å²) in [5, 5.41) is 13.6. The number of aromatic hydroxyl groups is 1. The van der Waals surface area contributed by atoms with E-state index in [0.717, 1.165) is 20.1 Å². The summed E-state index contributed by atoms with van der Waals surface area (Å²) in [5.41, 5.74) is 3.78. The van der Waals surface area contributed by atoms with Gasteiger partial charge in [-0.3, -0.25) is 9.36 Å². The average Bonchev–Trinajstić information content (AvgIpc) is 2.94. The van der Waals surface area contributed by atoms with Crippen LogP contribution in [0.15, 0.2) is 110 Å². The van der Waals surface area contributed by atoms with Crippen molar-refractivity contribution in [3.8, 4) is 22.8 Å². The highest BCUT2D eigenvalue weighted by atomic mass is 79.9. The fourth-order valence-electron chi connectivity index (χ4n) is 4.78. The van der Waals surface area contributed by atoms with Gasteiger partial charge >= 0.3 is 6.03 Å². The van der Waals surface area contributed by atoms with Crippen LogP contribution < -0.4 is 10.9 Å². The van der Waals surface area contributed by atoms with Crippen molar-refractivity contribution in [1.82, 2.24) is 14.9 Å². The van der Waals surface area contributed by atoms with E-state index in [1.165, 1.54) is 0 Å². The molecule has 0 saturated heterocycles. The number of para-hydroxylation sites is 1. The van der Waals surface area contributed by atoms with Crippen LogP contribution in [0.1, 0.15) is 23.6 Å². The van der Waals surface area contributed by atoms with Gasteiger partial charge < -0.3 is 10.4 Å². The Morgan fingerprint density at radius 3 is 2.33 bits per heavy atom. The van der Waals surface area contributed by atoms with E-state index in [1.54, 1.807) is 28.8 Å². The molecular formula is C30H20Br2N4O3. The van der Waals surface area contributed by atoms with Crippen molar-refractivity contribution in [3.05, 3.63) is 121 Å². The highest BCUT2D eigenvalue weighted by Crippen LogP contribution is 2.31. The van der Waals surface area contributed by atoms with Crippen molar-refractivity contribution >= 4 is 54.5 Å². The van der Waals surface area contributed by atoms with Crippen LogP contribution in [-0.2, 0) is 0 Å². The molecule has 1 aliphatic heterocycles. The number of urea groups is 1. The maximum absolute atomic E-state index is 13.9. The molecule has 9 heteroatoms. The first-order chi connectivity index (χ1) is 18.9. The van der Waals surface area contributed by atoms with Gasteiger partial charge in [0.05, 0.1) is 28.3 Å². The predicted octanol–water partition coefficient (Wildman–Crippen LogP) is 6.93. The second-order valence-electron chi connectivity index (χ2n) is 9.10. The van der Waals surface area contributed by atoms with Gasteiger partial charge in [0.25, 0.3) is 5.56 Å². The molecule has 1 atom stereocenters. The zero-order valence-corrected chi connectivity index (χ0v) is 23.5. The molecule has 0 spiro atoms. The molecule has 2 heterocycles. The Morgan fingerprint density at radius 1 is 0.872 bits per heavy atom. The molecule has 1 unspecified atom stereocenters. The molecule has 7 nitrogen and oxygen atoms in total. The molecule has 2 amide bonds. The number of hydrogen-bond acceptors (Lipinski definition) is 4. The normalized spacial score (nSPS) is 15.2. The Balaban J connectivity index is 1.44. The van der Waals surface area contributed by atoms with Gasteiger partial charge in [-0.2, -0.15) is 4.99 Å². The first-order valence-electron chi connectivity index (χ1n) is 12.1. The summed E-state index contributed by atoms with van der Waals surface area (Å²) in [6.45, 7) is 0. The van der Waals surface area contributed by atoms with Crippen LogP contribution in [0.5, 0.6) is 5.75 Å². The highest BCUT2D eigenvalue weighted by Gasteiger charge is 2.25. The first kappa shape index (κ1) is 25.2. The minimum atomic E-state index is -0.467. The van der Waals surface area contributed by atoms with Crippen molar-refractivity contribution in [3.63, 3.8) is 0 Å². The van der Waals surface area contributed by atoms with Crippen molar-refractivity contribution < 1.29 is 9.90 Å². The Labute approximate surface area is 240 Å². The minimum Gasteiger partial charge on any atom is -0.508 e.